The average molecular weight is 253 g/mol. The number of rotatable bonds is 5. The molecule has 0 spiro atoms. The zero-order valence-electron chi connectivity index (χ0n) is 9.84. The molecular formula is C11H15N3O2S. The maximum atomic E-state index is 11.3. The molecule has 0 aromatic carbocycles. The number of hydrogen-bond acceptors (Lipinski definition) is 5. The smallest absolute Gasteiger partial charge is 0.356 e. The second-order valence-electron chi connectivity index (χ2n) is 3.53. The molecule has 2 N–H and O–H groups in total. The Labute approximate surface area is 106 Å². The largest absolute Gasteiger partial charge is 0.464 e. The van der Waals surface area contributed by atoms with Crippen LogP contribution in [-0.4, -0.2) is 36.6 Å². The first-order chi connectivity index (χ1) is 8.04. The number of methoxy groups -OCH3 is 1. The van der Waals surface area contributed by atoms with Crippen molar-refractivity contribution >= 4 is 28.9 Å². The van der Waals surface area contributed by atoms with Gasteiger partial charge in [-0.25, -0.2) is 9.78 Å². The Kier molecular flexibility index (Phi) is 4.84. The first kappa shape index (κ1) is 13.4. The predicted octanol–water partition coefficient (Wildman–Crippen LogP) is 0.981. The van der Waals surface area contributed by atoms with Gasteiger partial charge < -0.3 is 15.4 Å². The summed E-state index contributed by atoms with van der Waals surface area (Å²) in [5.74, 6) is -0.449. The van der Waals surface area contributed by atoms with Crippen LogP contribution in [-0.2, 0) is 4.74 Å². The number of aromatic nitrogens is 1. The minimum absolute atomic E-state index is 0.284. The summed E-state index contributed by atoms with van der Waals surface area (Å²) in [5, 5.41) is 0. The summed E-state index contributed by atoms with van der Waals surface area (Å²) in [6.45, 7) is 0.694. The van der Waals surface area contributed by atoms with E-state index in [0.29, 0.717) is 18.0 Å². The number of nitrogens with two attached hydrogens (primary N) is 1. The zero-order chi connectivity index (χ0) is 12.8. The van der Waals surface area contributed by atoms with Gasteiger partial charge in [-0.3, -0.25) is 0 Å². The molecule has 17 heavy (non-hydrogen) atoms. The highest BCUT2D eigenvalue weighted by Gasteiger charge is 2.09. The molecule has 0 aliphatic carbocycles. The van der Waals surface area contributed by atoms with E-state index in [0.717, 1.165) is 5.69 Å². The van der Waals surface area contributed by atoms with Crippen molar-refractivity contribution in [2.24, 2.45) is 5.73 Å². The minimum atomic E-state index is -0.449. The lowest BCUT2D eigenvalue weighted by Gasteiger charge is -2.19. The van der Waals surface area contributed by atoms with Crippen LogP contribution in [0.5, 0.6) is 0 Å². The minimum Gasteiger partial charge on any atom is -0.464 e. The van der Waals surface area contributed by atoms with E-state index in [-0.39, 0.29) is 5.69 Å². The number of carbonyl (C=O) groups is 1. The molecular weight excluding hydrogens is 238 g/mol. The molecule has 0 saturated heterocycles. The van der Waals surface area contributed by atoms with Crippen LogP contribution in [0.2, 0.25) is 0 Å². The standard InChI is InChI=1S/C11H15N3O2S/c1-14(6-4-10(12)17)8-3-5-13-9(7-8)11(15)16-2/h3,5,7H,4,6H2,1-2H3,(H2,12,17). The van der Waals surface area contributed by atoms with Crippen molar-refractivity contribution in [2.45, 2.75) is 6.42 Å². The van der Waals surface area contributed by atoms with Gasteiger partial charge in [0.25, 0.3) is 0 Å². The summed E-state index contributed by atoms with van der Waals surface area (Å²) in [4.78, 5) is 17.7. The van der Waals surface area contributed by atoms with E-state index in [1.165, 1.54) is 7.11 Å². The number of esters is 1. The summed E-state index contributed by atoms with van der Waals surface area (Å²) in [6.07, 6.45) is 2.20. The molecule has 5 nitrogen and oxygen atoms in total. The Morgan fingerprint density at radius 2 is 2.35 bits per heavy atom. The quantitative estimate of drug-likeness (QED) is 0.623. The van der Waals surface area contributed by atoms with Gasteiger partial charge in [0, 0.05) is 31.9 Å². The third kappa shape index (κ3) is 3.99. The summed E-state index contributed by atoms with van der Waals surface area (Å²) >= 11 is 4.81. The third-order valence-corrected chi connectivity index (χ3v) is 2.48. The molecule has 0 aliphatic heterocycles. The van der Waals surface area contributed by atoms with Gasteiger partial charge in [0.15, 0.2) is 0 Å². The van der Waals surface area contributed by atoms with Crippen LogP contribution in [0.25, 0.3) is 0 Å². The predicted molar refractivity (Wildman–Crippen MR) is 70.2 cm³/mol. The van der Waals surface area contributed by atoms with Crippen LogP contribution in [0.4, 0.5) is 5.69 Å². The lowest BCUT2D eigenvalue weighted by atomic mass is 10.3. The molecule has 0 saturated carbocycles. The second kappa shape index (κ2) is 6.15. The van der Waals surface area contributed by atoms with E-state index in [1.54, 1.807) is 12.3 Å². The third-order valence-electron chi connectivity index (χ3n) is 2.27. The molecule has 6 heteroatoms. The van der Waals surface area contributed by atoms with Gasteiger partial charge >= 0.3 is 5.97 Å². The monoisotopic (exact) mass is 253 g/mol. The van der Waals surface area contributed by atoms with Gasteiger partial charge in [-0.05, 0) is 12.1 Å². The molecule has 1 aromatic heterocycles. The lowest BCUT2D eigenvalue weighted by Crippen LogP contribution is -2.23. The number of carbonyl (C=O) groups excluding carboxylic acids is 1. The van der Waals surface area contributed by atoms with Gasteiger partial charge in [-0.15, -0.1) is 0 Å². The molecule has 0 amide bonds. The first-order valence-electron chi connectivity index (χ1n) is 5.08. The maximum absolute atomic E-state index is 11.3. The van der Waals surface area contributed by atoms with Crippen molar-refractivity contribution in [3.05, 3.63) is 24.0 Å². The zero-order valence-corrected chi connectivity index (χ0v) is 10.7. The van der Waals surface area contributed by atoms with Crippen molar-refractivity contribution in [2.75, 3.05) is 25.6 Å². The molecule has 0 atom stereocenters. The highest BCUT2D eigenvalue weighted by Crippen LogP contribution is 2.13. The molecule has 0 fully saturated rings. The average Bonchev–Trinajstić information content (AvgIpc) is 2.35. The van der Waals surface area contributed by atoms with Crippen LogP contribution in [0, 0.1) is 0 Å². The number of ether oxygens (including phenoxy) is 1. The van der Waals surface area contributed by atoms with Crippen LogP contribution >= 0.6 is 12.2 Å². The number of thiocarbonyl (C=S) groups is 1. The Hall–Kier alpha value is -1.69. The SMILES string of the molecule is COC(=O)c1cc(N(C)CCC(N)=S)ccn1. The van der Waals surface area contributed by atoms with E-state index in [4.69, 9.17) is 18.0 Å². The van der Waals surface area contributed by atoms with E-state index in [9.17, 15) is 4.79 Å². The van der Waals surface area contributed by atoms with E-state index >= 15 is 0 Å². The summed E-state index contributed by atoms with van der Waals surface area (Å²) in [7, 11) is 3.22. The van der Waals surface area contributed by atoms with Crippen molar-refractivity contribution in [3.63, 3.8) is 0 Å². The molecule has 0 bridgehead atoms. The van der Waals surface area contributed by atoms with Crippen molar-refractivity contribution in [3.8, 4) is 0 Å². The lowest BCUT2D eigenvalue weighted by molar-refractivity contribution is 0.0594. The van der Waals surface area contributed by atoms with E-state index < -0.39 is 5.97 Å². The molecule has 0 unspecified atom stereocenters. The van der Waals surface area contributed by atoms with Crippen LogP contribution in [0.3, 0.4) is 0 Å². The van der Waals surface area contributed by atoms with Crippen LogP contribution < -0.4 is 10.6 Å². The first-order valence-corrected chi connectivity index (χ1v) is 5.49. The topological polar surface area (TPSA) is 68.5 Å². The van der Waals surface area contributed by atoms with E-state index in [1.807, 2.05) is 18.0 Å². The Morgan fingerprint density at radius 3 is 2.94 bits per heavy atom. The molecule has 0 radical (unpaired) electrons. The second-order valence-corrected chi connectivity index (χ2v) is 4.05. The Balaban J connectivity index is 2.76. The van der Waals surface area contributed by atoms with Gasteiger partial charge in [-0.2, -0.15) is 0 Å². The number of hydrogen-bond donors (Lipinski definition) is 1. The summed E-state index contributed by atoms with van der Waals surface area (Å²) in [6, 6.07) is 3.48. The van der Waals surface area contributed by atoms with Crippen LogP contribution in [0.15, 0.2) is 18.3 Å². The van der Waals surface area contributed by atoms with Crippen molar-refractivity contribution in [1.29, 1.82) is 0 Å². The highest BCUT2D eigenvalue weighted by molar-refractivity contribution is 7.80. The maximum Gasteiger partial charge on any atom is 0.356 e. The Bertz CT molecular complexity index is 423. The van der Waals surface area contributed by atoms with Gasteiger partial charge in [0.2, 0.25) is 0 Å². The van der Waals surface area contributed by atoms with Crippen molar-refractivity contribution in [1.82, 2.24) is 4.98 Å². The highest BCUT2D eigenvalue weighted by atomic mass is 32.1. The van der Waals surface area contributed by atoms with E-state index in [2.05, 4.69) is 9.72 Å². The molecule has 1 aromatic rings. The molecule has 1 rings (SSSR count). The van der Waals surface area contributed by atoms with Gasteiger partial charge in [-0.1, -0.05) is 12.2 Å². The van der Waals surface area contributed by atoms with Gasteiger partial charge in [0.1, 0.15) is 5.69 Å². The molecule has 92 valence electrons. The fourth-order valence-corrected chi connectivity index (χ4v) is 1.37. The fraction of sp³-hybridized carbons (Fsp3) is 0.364. The van der Waals surface area contributed by atoms with Gasteiger partial charge in [0.05, 0.1) is 12.1 Å². The molecule has 0 aliphatic rings. The fourth-order valence-electron chi connectivity index (χ4n) is 1.28. The number of pyridine rings is 1. The van der Waals surface area contributed by atoms with Crippen molar-refractivity contribution < 1.29 is 9.53 Å². The number of nitrogens with zero attached hydrogens (tertiary/aromatic N) is 2. The van der Waals surface area contributed by atoms with Crippen LogP contribution in [0.1, 0.15) is 16.9 Å². The summed E-state index contributed by atoms with van der Waals surface area (Å²) < 4.78 is 4.61. The number of anilines is 1. The molecule has 1 heterocycles. The summed E-state index contributed by atoms with van der Waals surface area (Å²) in [5.41, 5.74) is 6.59. The normalized spacial score (nSPS) is 9.76. The Morgan fingerprint density at radius 1 is 1.65 bits per heavy atom.